The maximum atomic E-state index is 10.7. The molecule has 0 saturated carbocycles. The number of nitro benzene ring substituents is 1. The number of fused-ring (bicyclic) bond motifs is 1. The van der Waals surface area contributed by atoms with Gasteiger partial charge < -0.3 is 4.42 Å². The molecule has 5 nitrogen and oxygen atoms in total. The summed E-state index contributed by atoms with van der Waals surface area (Å²) in [7, 11) is 0. The molecular weight excluding hydrogens is 220 g/mol. The Hall–Kier alpha value is -1.91. The minimum absolute atomic E-state index is 0.0451. The van der Waals surface area contributed by atoms with E-state index in [0.717, 1.165) is 5.56 Å². The van der Waals surface area contributed by atoms with Crippen LogP contribution in [0.2, 0.25) is 0 Å². The average Bonchev–Trinajstić information content (AvgIpc) is 2.60. The summed E-state index contributed by atoms with van der Waals surface area (Å²) in [5.74, 6) is 0.594. The SMILES string of the molecule is Cc1cc([N+](=O)[O-])cc2nc(C(C)(C)C)oc12. The molecule has 0 spiro atoms. The van der Waals surface area contributed by atoms with Crippen LogP contribution in [-0.4, -0.2) is 9.91 Å². The van der Waals surface area contributed by atoms with Crippen LogP contribution >= 0.6 is 0 Å². The highest BCUT2D eigenvalue weighted by Gasteiger charge is 2.23. The molecule has 0 aliphatic rings. The highest BCUT2D eigenvalue weighted by Crippen LogP contribution is 2.30. The van der Waals surface area contributed by atoms with Crippen molar-refractivity contribution in [1.82, 2.24) is 4.98 Å². The summed E-state index contributed by atoms with van der Waals surface area (Å²) in [6.07, 6.45) is 0. The van der Waals surface area contributed by atoms with Gasteiger partial charge in [0.05, 0.1) is 4.92 Å². The van der Waals surface area contributed by atoms with Crippen molar-refractivity contribution in [3.8, 4) is 0 Å². The van der Waals surface area contributed by atoms with Gasteiger partial charge in [-0.25, -0.2) is 4.98 Å². The summed E-state index contributed by atoms with van der Waals surface area (Å²) < 4.78 is 5.66. The molecule has 0 fully saturated rings. The molecule has 0 radical (unpaired) electrons. The predicted octanol–water partition coefficient (Wildman–Crippen LogP) is 3.34. The fraction of sp³-hybridized carbons (Fsp3) is 0.417. The van der Waals surface area contributed by atoms with E-state index < -0.39 is 4.92 Å². The molecule has 0 bridgehead atoms. The Labute approximate surface area is 98.6 Å². The van der Waals surface area contributed by atoms with Crippen molar-refractivity contribution in [2.75, 3.05) is 0 Å². The molecular formula is C12H14N2O3. The van der Waals surface area contributed by atoms with Gasteiger partial charge in [0, 0.05) is 23.1 Å². The number of hydrogen-bond donors (Lipinski definition) is 0. The molecule has 0 unspecified atom stereocenters. The van der Waals surface area contributed by atoms with E-state index in [0.29, 0.717) is 17.0 Å². The number of hydrogen-bond acceptors (Lipinski definition) is 4. The molecule has 1 heterocycles. The van der Waals surface area contributed by atoms with Gasteiger partial charge in [0.15, 0.2) is 5.58 Å². The maximum absolute atomic E-state index is 10.7. The van der Waals surface area contributed by atoms with Crippen molar-refractivity contribution < 1.29 is 9.34 Å². The predicted molar refractivity (Wildman–Crippen MR) is 64.1 cm³/mol. The quantitative estimate of drug-likeness (QED) is 0.560. The van der Waals surface area contributed by atoms with Gasteiger partial charge in [-0.15, -0.1) is 0 Å². The van der Waals surface area contributed by atoms with Crippen LogP contribution in [0.4, 0.5) is 5.69 Å². The van der Waals surface area contributed by atoms with Crippen molar-refractivity contribution in [2.24, 2.45) is 0 Å². The molecule has 0 aliphatic heterocycles. The summed E-state index contributed by atoms with van der Waals surface area (Å²) in [4.78, 5) is 14.6. The molecule has 0 atom stereocenters. The van der Waals surface area contributed by atoms with E-state index in [1.165, 1.54) is 12.1 Å². The van der Waals surface area contributed by atoms with Crippen LogP contribution in [0.5, 0.6) is 0 Å². The lowest BCUT2D eigenvalue weighted by Crippen LogP contribution is -2.10. The number of benzene rings is 1. The summed E-state index contributed by atoms with van der Waals surface area (Å²) in [5, 5.41) is 10.7. The molecule has 0 aliphatic carbocycles. The highest BCUT2D eigenvalue weighted by molar-refractivity contribution is 5.79. The second-order valence-electron chi connectivity index (χ2n) is 5.14. The van der Waals surface area contributed by atoms with Gasteiger partial charge in [-0.1, -0.05) is 20.8 Å². The van der Waals surface area contributed by atoms with Crippen LogP contribution in [-0.2, 0) is 5.41 Å². The Kier molecular flexibility index (Phi) is 2.41. The third-order valence-corrected chi connectivity index (χ3v) is 2.51. The third kappa shape index (κ3) is 2.00. The average molecular weight is 234 g/mol. The zero-order valence-electron chi connectivity index (χ0n) is 10.3. The fourth-order valence-electron chi connectivity index (χ4n) is 1.61. The summed E-state index contributed by atoms with van der Waals surface area (Å²) in [5.41, 5.74) is 1.74. The molecule has 5 heteroatoms. The Balaban J connectivity index is 2.69. The molecule has 1 aromatic carbocycles. The van der Waals surface area contributed by atoms with Crippen LogP contribution in [0.3, 0.4) is 0 Å². The summed E-state index contributed by atoms with van der Waals surface area (Å²) in [6.45, 7) is 7.75. The topological polar surface area (TPSA) is 69.2 Å². The van der Waals surface area contributed by atoms with E-state index in [2.05, 4.69) is 4.98 Å². The van der Waals surface area contributed by atoms with Crippen LogP contribution in [0.15, 0.2) is 16.5 Å². The highest BCUT2D eigenvalue weighted by atomic mass is 16.6. The van der Waals surface area contributed by atoms with E-state index in [4.69, 9.17) is 4.42 Å². The lowest BCUT2D eigenvalue weighted by atomic mass is 9.97. The molecule has 2 aromatic rings. The molecule has 0 N–H and O–H groups in total. The van der Waals surface area contributed by atoms with E-state index >= 15 is 0 Å². The van der Waals surface area contributed by atoms with Crippen molar-refractivity contribution in [1.29, 1.82) is 0 Å². The van der Waals surface area contributed by atoms with Crippen LogP contribution in [0, 0.1) is 17.0 Å². The lowest BCUT2D eigenvalue weighted by molar-refractivity contribution is -0.384. The molecule has 17 heavy (non-hydrogen) atoms. The number of nitro groups is 1. The van der Waals surface area contributed by atoms with E-state index in [9.17, 15) is 10.1 Å². The van der Waals surface area contributed by atoms with Crippen molar-refractivity contribution in [2.45, 2.75) is 33.1 Å². The third-order valence-electron chi connectivity index (χ3n) is 2.51. The van der Waals surface area contributed by atoms with Gasteiger partial charge in [0.2, 0.25) is 5.89 Å². The molecule has 2 rings (SSSR count). The Morgan fingerprint density at radius 1 is 1.35 bits per heavy atom. The Bertz CT molecular complexity index is 594. The minimum atomic E-state index is -0.419. The summed E-state index contributed by atoms with van der Waals surface area (Å²) >= 11 is 0. The fourth-order valence-corrected chi connectivity index (χ4v) is 1.61. The Morgan fingerprint density at radius 2 is 2.00 bits per heavy atom. The number of nitrogens with zero attached hydrogens (tertiary/aromatic N) is 2. The largest absolute Gasteiger partial charge is 0.440 e. The minimum Gasteiger partial charge on any atom is -0.440 e. The second kappa shape index (κ2) is 3.55. The van der Waals surface area contributed by atoms with Crippen LogP contribution in [0.25, 0.3) is 11.1 Å². The number of non-ortho nitro benzene ring substituents is 1. The van der Waals surface area contributed by atoms with Crippen molar-refractivity contribution >= 4 is 16.8 Å². The van der Waals surface area contributed by atoms with Gasteiger partial charge in [-0.2, -0.15) is 0 Å². The first kappa shape index (κ1) is 11.6. The van der Waals surface area contributed by atoms with Gasteiger partial charge >= 0.3 is 0 Å². The number of aromatic nitrogens is 1. The number of rotatable bonds is 1. The van der Waals surface area contributed by atoms with Gasteiger partial charge in [0.1, 0.15) is 5.52 Å². The smallest absolute Gasteiger partial charge is 0.272 e. The second-order valence-corrected chi connectivity index (χ2v) is 5.14. The van der Waals surface area contributed by atoms with Gasteiger partial charge in [0.25, 0.3) is 5.69 Å². The molecule has 90 valence electrons. The van der Waals surface area contributed by atoms with Crippen molar-refractivity contribution in [3.05, 3.63) is 33.7 Å². The normalized spacial score (nSPS) is 12.0. The first-order valence-corrected chi connectivity index (χ1v) is 5.35. The van der Waals surface area contributed by atoms with Crippen molar-refractivity contribution in [3.63, 3.8) is 0 Å². The van der Waals surface area contributed by atoms with Crippen LogP contribution < -0.4 is 0 Å². The Morgan fingerprint density at radius 3 is 2.53 bits per heavy atom. The molecule has 0 saturated heterocycles. The first-order valence-electron chi connectivity index (χ1n) is 5.35. The van der Waals surface area contributed by atoms with E-state index in [1.54, 1.807) is 6.92 Å². The van der Waals surface area contributed by atoms with Gasteiger partial charge in [-0.3, -0.25) is 10.1 Å². The standard InChI is InChI=1S/C12H14N2O3/c1-7-5-8(14(15)16)6-9-10(7)17-11(13-9)12(2,3)4/h5-6H,1-4H3. The first-order chi connectivity index (χ1) is 7.79. The monoisotopic (exact) mass is 234 g/mol. The van der Waals surface area contributed by atoms with E-state index in [-0.39, 0.29) is 11.1 Å². The zero-order chi connectivity index (χ0) is 12.8. The van der Waals surface area contributed by atoms with Crippen LogP contribution in [0.1, 0.15) is 32.2 Å². The zero-order valence-corrected chi connectivity index (χ0v) is 10.3. The maximum Gasteiger partial charge on any atom is 0.272 e. The van der Waals surface area contributed by atoms with Gasteiger partial charge in [-0.05, 0) is 6.92 Å². The summed E-state index contributed by atoms with van der Waals surface area (Å²) in [6, 6.07) is 2.95. The van der Waals surface area contributed by atoms with E-state index in [1.807, 2.05) is 20.8 Å². The number of oxazole rings is 1. The lowest BCUT2D eigenvalue weighted by Gasteiger charge is -2.11. The number of aryl methyl sites for hydroxylation is 1. The molecule has 1 aromatic heterocycles. The molecule has 0 amide bonds.